The Labute approximate surface area is 164 Å². The van der Waals surface area contributed by atoms with Crippen molar-refractivity contribution in [3.63, 3.8) is 0 Å². The van der Waals surface area contributed by atoms with Crippen molar-refractivity contribution in [1.82, 2.24) is 0 Å². The highest BCUT2D eigenvalue weighted by atomic mass is 16.6. The molecule has 2 unspecified atom stereocenters. The predicted molar refractivity (Wildman–Crippen MR) is 107 cm³/mol. The lowest BCUT2D eigenvalue weighted by molar-refractivity contribution is 0.00708. The highest BCUT2D eigenvalue weighted by Gasteiger charge is 2.19. The Hall–Kier alpha value is -1.30. The van der Waals surface area contributed by atoms with Crippen LogP contribution in [0, 0.1) is 0 Å². The molecule has 27 heavy (non-hydrogen) atoms. The smallest absolute Gasteiger partial charge is 0.161 e. The topological polar surface area (TPSA) is 46.2 Å². The van der Waals surface area contributed by atoms with E-state index >= 15 is 0 Å². The summed E-state index contributed by atoms with van der Waals surface area (Å²) in [5, 5.41) is 0. The molecule has 154 valence electrons. The fourth-order valence-electron chi connectivity index (χ4n) is 3.07. The molecule has 1 heterocycles. The molecule has 0 saturated heterocycles. The van der Waals surface area contributed by atoms with E-state index in [1.165, 1.54) is 11.1 Å². The number of rotatable bonds is 4. The van der Waals surface area contributed by atoms with Gasteiger partial charge < -0.3 is 23.7 Å². The van der Waals surface area contributed by atoms with Crippen molar-refractivity contribution in [3.8, 4) is 11.5 Å². The quantitative estimate of drug-likeness (QED) is 0.768. The molecule has 1 aliphatic heterocycles. The second-order valence-corrected chi connectivity index (χ2v) is 7.08. The van der Waals surface area contributed by atoms with Gasteiger partial charge in [-0.2, -0.15) is 0 Å². The summed E-state index contributed by atoms with van der Waals surface area (Å²) in [4.78, 5) is 0. The van der Waals surface area contributed by atoms with Crippen molar-refractivity contribution < 1.29 is 23.7 Å². The van der Waals surface area contributed by atoms with Gasteiger partial charge >= 0.3 is 0 Å². The number of benzene rings is 1. The SMILES string of the molecule is CCC(C)c1cc2c(cc1C(C)CC)OCCOCCOCCOCCO2. The first-order valence-electron chi connectivity index (χ1n) is 10.3. The van der Waals surface area contributed by atoms with Gasteiger partial charge in [0.05, 0.1) is 39.6 Å². The lowest BCUT2D eigenvalue weighted by Crippen LogP contribution is -2.13. The number of ether oxygens (including phenoxy) is 5. The van der Waals surface area contributed by atoms with Crippen LogP contribution in [-0.4, -0.2) is 52.9 Å². The molecule has 5 heteroatoms. The third-order valence-electron chi connectivity index (χ3n) is 5.15. The van der Waals surface area contributed by atoms with Crippen molar-refractivity contribution >= 4 is 0 Å². The predicted octanol–water partition coefficient (Wildman–Crippen LogP) is 4.53. The molecule has 1 aromatic carbocycles. The molecule has 5 nitrogen and oxygen atoms in total. The number of hydrogen-bond donors (Lipinski definition) is 0. The van der Waals surface area contributed by atoms with Crippen molar-refractivity contribution in [2.45, 2.75) is 52.4 Å². The van der Waals surface area contributed by atoms with E-state index in [0.29, 0.717) is 64.7 Å². The van der Waals surface area contributed by atoms with Crippen molar-refractivity contribution in [2.75, 3.05) is 52.9 Å². The summed E-state index contributed by atoms with van der Waals surface area (Å²) < 4.78 is 28.7. The summed E-state index contributed by atoms with van der Waals surface area (Å²) in [6.45, 7) is 13.3. The van der Waals surface area contributed by atoms with Crippen LogP contribution in [-0.2, 0) is 14.2 Å². The first-order chi connectivity index (χ1) is 13.2. The minimum Gasteiger partial charge on any atom is -0.487 e. The van der Waals surface area contributed by atoms with Gasteiger partial charge in [0, 0.05) is 0 Å². The van der Waals surface area contributed by atoms with Gasteiger partial charge in [0.1, 0.15) is 13.2 Å². The first-order valence-corrected chi connectivity index (χ1v) is 10.3. The molecule has 0 fully saturated rings. The van der Waals surface area contributed by atoms with Crippen LogP contribution < -0.4 is 9.47 Å². The molecule has 0 radical (unpaired) electrons. The minimum atomic E-state index is 0.483. The summed E-state index contributed by atoms with van der Waals surface area (Å²) in [5.74, 6) is 2.56. The summed E-state index contributed by atoms with van der Waals surface area (Å²) >= 11 is 0. The summed E-state index contributed by atoms with van der Waals surface area (Å²) in [6.07, 6.45) is 2.19. The molecule has 2 atom stereocenters. The zero-order valence-electron chi connectivity index (χ0n) is 17.4. The zero-order chi connectivity index (χ0) is 19.5. The van der Waals surface area contributed by atoms with Gasteiger partial charge in [0.15, 0.2) is 11.5 Å². The molecule has 0 spiro atoms. The van der Waals surface area contributed by atoms with Crippen LogP contribution in [0.5, 0.6) is 11.5 Å². The minimum absolute atomic E-state index is 0.483. The van der Waals surface area contributed by atoms with Gasteiger partial charge in [-0.1, -0.05) is 27.7 Å². The molecule has 0 aliphatic carbocycles. The van der Waals surface area contributed by atoms with E-state index in [4.69, 9.17) is 23.7 Å². The lowest BCUT2D eigenvalue weighted by Gasteiger charge is -2.23. The average molecular weight is 381 g/mol. The lowest BCUT2D eigenvalue weighted by atomic mass is 9.86. The summed E-state index contributed by atoms with van der Waals surface area (Å²) in [5.41, 5.74) is 2.72. The number of fused-ring (bicyclic) bond motifs is 1. The van der Waals surface area contributed by atoms with E-state index in [0.717, 1.165) is 24.3 Å². The van der Waals surface area contributed by atoms with Gasteiger partial charge in [-0.3, -0.25) is 0 Å². The van der Waals surface area contributed by atoms with Crippen molar-refractivity contribution in [3.05, 3.63) is 23.3 Å². The van der Waals surface area contributed by atoms with E-state index in [-0.39, 0.29) is 0 Å². The molecule has 0 amide bonds. The van der Waals surface area contributed by atoms with Crippen LogP contribution in [0.15, 0.2) is 12.1 Å². The van der Waals surface area contributed by atoms with Gasteiger partial charge in [-0.05, 0) is 47.9 Å². The van der Waals surface area contributed by atoms with E-state index in [9.17, 15) is 0 Å². The zero-order valence-corrected chi connectivity index (χ0v) is 17.4. The Kier molecular flexibility index (Phi) is 9.95. The monoisotopic (exact) mass is 380 g/mol. The second-order valence-electron chi connectivity index (χ2n) is 7.08. The molecule has 0 aromatic heterocycles. The van der Waals surface area contributed by atoms with Gasteiger partial charge in [0.25, 0.3) is 0 Å². The molecule has 2 rings (SSSR count). The van der Waals surface area contributed by atoms with E-state index < -0.39 is 0 Å². The Morgan fingerprint density at radius 2 is 0.963 bits per heavy atom. The molecule has 0 saturated carbocycles. The fraction of sp³-hybridized carbons (Fsp3) is 0.727. The average Bonchev–Trinajstić information content (AvgIpc) is 2.70. The molecule has 0 bridgehead atoms. The van der Waals surface area contributed by atoms with Gasteiger partial charge in [-0.25, -0.2) is 0 Å². The Morgan fingerprint density at radius 3 is 1.30 bits per heavy atom. The molecular formula is C22H36O5. The molecule has 1 aliphatic rings. The summed E-state index contributed by atoms with van der Waals surface area (Å²) in [7, 11) is 0. The van der Waals surface area contributed by atoms with Crippen LogP contribution in [0.3, 0.4) is 0 Å². The Morgan fingerprint density at radius 1 is 0.630 bits per heavy atom. The largest absolute Gasteiger partial charge is 0.487 e. The van der Waals surface area contributed by atoms with Crippen LogP contribution in [0.25, 0.3) is 0 Å². The van der Waals surface area contributed by atoms with Crippen molar-refractivity contribution in [2.24, 2.45) is 0 Å². The molecule has 1 aromatic rings. The van der Waals surface area contributed by atoms with Gasteiger partial charge in [-0.15, -0.1) is 0 Å². The first kappa shape index (κ1) is 22.0. The summed E-state index contributed by atoms with van der Waals surface area (Å²) in [6, 6.07) is 4.35. The maximum atomic E-state index is 6.04. The third-order valence-corrected chi connectivity index (χ3v) is 5.15. The van der Waals surface area contributed by atoms with Crippen LogP contribution in [0.4, 0.5) is 0 Å². The number of hydrogen-bond acceptors (Lipinski definition) is 5. The molecule has 0 N–H and O–H groups in total. The standard InChI is InChI=1S/C22H36O5/c1-5-17(3)19-15-21-22(16-20(19)18(4)6-2)27-14-12-25-10-8-23-7-9-24-11-13-26-21/h15-18H,5-14H2,1-4H3. The van der Waals surface area contributed by atoms with Crippen LogP contribution in [0.2, 0.25) is 0 Å². The Bertz CT molecular complexity index is 499. The van der Waals surface area contributed by atoms with Crippen LogP contribution in [0.1, 0.15) is 63.5 Å². The fourth-order valence-corrected chi connectivity index (χ4v) is 3.07. The van der Waals surface area contributed by atoms with E-state index in [2.05, 4.69) is 39.8 Å². The third kappa shape index (κ3) is 6.98. The van der Waals surface area contributed by atoms with Crippen LogP contribution >= 0.6 is 0 Å². The van der Waals surface area contributed by atoms with E-state index in [1.54, 1.807) is 0 Å². The Balaban J connectivity index is 2.25. The van der Waals surface area contributed by atoms with E-state index in [1.807, 2.05) is 0 Å². The highest BCUT2D eigenvalue weighted by molar-refractivity contribution is 5.49. The maximum absolute atomic E-state index is 6.04. The molecular weight excluding hydrogens is 344 g/mol. The maximum Gasteiger partial charge on any atom is 0.161 e. The second kappa shape index (κ2) is 12.2. The normalized spacial score (nSPS) is 19.6. The highest BCUT2D eigenvalue weighted by Crippen LogP contribution is 2.39. The van der Waals surface area contributed by atoms with Gasteiger partial charge in [0.2, 0.25) is 0 Å². The van der Waals surface area contributed by atoms with Crippen molar-refractivity contribution in [1.29, 1.82) is 0 Å².